The fourth-order valence-electron chi connectivity index (χ4n) is 2.37. The van der Waals surface area contributed by atoms with Crippen LogP contribution in [0.4, 0.5) is 0 Å². The lowest BCUT2D eigenvalue weighted by Gasteiger charge is -2.38. The van der Waals surface area contributed by atoms with Crippen LogP contribution in [0.3, 0.4) is 0 Å². The Morgan fingerprint density at radius 3 is 2.68 bits per heavy atom. The van der Waals surface area contributed by atoms with Crippen molar-refractivity contribution >= 4 is 0 Å². The van der Waals surface area contributed by atoms with Gasteiger partial charge in [-0.1, -0.05) is 19.1 Å². The van der Waals surface area contributed by atoms with E-state index in [-0.39, 0.29) is 6.61 Å². The number of nitrogens with zero attached hydrogens (tertiary/aromatic N) is 3. The minimum absolute atomic E-state index is 0.252. The molecule has 3 N–H and O–H groups in total. The van der Waals surface area contributed by atoms with Gasteiger partial charge in [-0.15, -0.1) is 5.10 Å². The van der Waals surface area contributed by atoms with Crippen LogP contribution < -0.4 is 0 Å². The van der Waals surface area contributed by atoms with Crippen molar-refractivity contribution in [3.63, 3.8) is 0 Å². The average molecular weight is 315 g/mol. The van der Waals surface area contributed by atoms with E-state index in [1.807, 2.05) is 6.20 Å². The summed E-state index contributed by atoms with van der Waals surface area (Å²) in [5, 5.41) is 37.2. The van der Waals surface area contributed by atoms with E-state index >= 15 is 0 Å². The highest BCUT2D eigenvalue weighted by Crippen LogP contribution is 2.21. The Hall–Kier alpha value is -1.06. The third-order valence-corrected chi connectivity index (χ3v) is 3.61. The molecule has 1 fully saturated rings. The molecular formula is C14H25N3O5. The SMILES string of the molecule is CC(C)Cc1cn(CCO[C@@H]2OC(C)[C@@H](O)C(O)[C@H]2O)nn1. The van der Waals surface area contributed by atoms with Gasteiger partial charge in [-0.25, -0.2) is 4.68 Å². The van der Waals surface area contributed by atoms with E-state index in [0.29, 0.717) is 12.5 Å². The lowest BCUT2D eigenvalue weighted by molar-refractivity contribution is -0.293. The standard InChI is InChI=1S/C14H25N3O5/c1-8(2)6-10-7-17(16-15-10)4-5-21-14-13(20)12(19)11(18)9(3)22-14/h7-9,11-14,18-20H,4-6H2,1-3H3/t9?,11-,12?,13-,14-/m1/s1. The van der Waals surface area contributed by atoms with Crippen molar-refractivity contribution in [2.75, 3.05) is 6.61 Å². The van der Waals surface area contributed by atoms with E-state index in [1.165, 1.54) is 0 Å². The zero-order chi connectivity index (χ0) is 16.3. The highest BCUT2D eigenvalue weighted by molar-refractivity contribution is 4.93. The third kappa shape index (κ3) is 4.23. The molecule has 1 aromatic rings. The lowest BCUT2D eigenvalue weighted by Crippen LogP contribution is -2.57. The quantitative estimate of drug-likeness (QED) is 0.638. The number of aliphatic hydroxyl groups is 3. The smallest absolute Gasteiger partial charge is 0.186 e. The van der Waals surface area contributed by atoms with E-state index in [0.717, 1.165) is 12.1 Å². The van der Waals surface area contributed by atoms with Crippen molar-refractivity contribution in [2.24, 2.45) is 5.92 Å². The minimum Gasteiger partial charge on any atom is -0.388 e. The second-order valence-electron chi connectivity index (χ2n) is 6.12. The summed E-state index contributed by atoms with van der Waals surface area (Å²) in [6, 6.07) is 0. The van der Waals surface area contributed by atoms with Crippen molar-refractivity contribution in [1.82, 2.24) is 15.0 Å². The second kappa shape index (κ2) is 7.47. The van der Waals surface area contributed by atoms with E-state index in [1.54, 1.807) is 11.6 Å². The molecule has 0 amide bonds. The van der Waals surface area contributed by atoms with Crippen LogP contribution in [-0.2, 0) is 22.4 Å². The van der Waals surface area contributed by atoms with Crippen LogP contribution in [0, 0.1) is 5.92 Å². The Balaban J connectivity index is 1.79. The van der Waals surface area contributed by atoms with Crippen molar-refractivity contribution in [3.05, 3.63) is 11.9 Å². The predicted octanol–water partition coefficient (Wildman–Crippen LogP) is -0.679. The molecule has 2 heterocycles. The zero-order valence-corrected chi connectivity index (χ0v) is 13.2. The Labute approximate surface area is 129 Å². The highest BCUT2D eigenvalue weighted by atomic mass is 16.7. The Morgan fingerprint density at radius 1 is 1.27 bits per heavy atom. The molecule has 1 aromatic heterocycles. The van der Waals surface area contributed by atoms with E-state index in [9.17, 15) is 15.3 Å². The summed E-state index contributed by atoms with van der Waals surface area (Å²) in [6.45, 7) is 6.56. The molecule has 0 aromatic carbocycles. The fraction of sp³-hybridized carbons (Fsp3) is 0.857. The van der Waals surface area contributed by atoms with Crippen molar-refractivity contribution in [3.8, 4) is 0 Å². The molecule has 126 valence electrons. The number of hydrogen-bond acceptors (Lipinski definition) is 7. The molecule has 1 aliphatic rings. The van der Waals surface area contributed by atoms with Gasteiger partial charge in [-0.3, -0.25) is 0 Å². The molecular weight excluding hydrogens is 290 g/mol. The monoisotopic (exact) mass is 315 g/mol. The van der Waals surface area contributed by atoms with Gasteiger partial charge < -0.3 is 24.8 Å². The van der Waals surface area contributed by atoms with Gasteiger partial charge in [0.15, 0.2) is 6.29 Å². The maximum Gasteiger partial charge on any atom is 0.186 e. The predicted molar refractivity (Wildman–Crippen MR) is 76.9 cm³/mol. The first-order valence-electron chi connectivity index (χ1n) is 7.58. The molecule has 0 aliphatic carbocycles. The summed E-state index contributed by atoms with van der Waals surface area (Å²) >= 11 is 0. The Morgan fingerprint density at radius 2 is 2.00 bits per heavy atom. The number of hydrogen-bond donors (Lipinski definition) is 3. The van der Waals surface area contributed by atoms with Gasteiger partial charge in [0.2, 0.25) is 0 Å². The van der Waals surface area contributed by atoms with Crippen molar-refractivity contribution in [1.29, 1.82) is 0 Å². The molecule has 5 atom stereocenters. The number of ether oxygens (including phenoxy) is 2. The first kappa shape index (κ1) is 17.3. The summed E-state index contributed by atoms with van der Waals surface area (Å²) in [4.78, 5) is 0. The van der Waals surface area contributed by atoms with Crippen LogP contribution >= 0.6 is 0 Å². The molecule has 0 saturated carbocycles. The van der Waals surface area contributed by atoms with Gasteiger partial charge in [-0.2, -0.15) is 0 Å². The Bertz CT molecular complexity index is 467. The lowest BCUT2D eigenvalue weighted by atomic mass is 10.0. The van der Waals surface area contributed by atoms with Gasteiger partial charge in [0.1, 0.15) is 18.3 Å². The summed E-state index contributed by atoms with van der Waals surface area (Å²) in [5.41, 5.74) is 0.927. The normalized spacial score (nSPS) is 32.6. The van der Waals surface area contributed by atoms with E-state index in [4.69, 9.17) is 9.47 Å². The van der Waals surface area contributed by atoms with Gasteiger partial charge in [0, 0.05) is 6.20 Å². The summed E-state index contributed by atoms with van der Waals surface area (Å²) in [5.74, 6) is 0.515. The number of aromatic nitrogens is 3. The number of aliphatic hydroxyl groups excluding tert-OH is 3. The van der Waals surface area contributed by atoms with Crippen LogP contribution in [-0.4, -0.2) is 67.6 Å². The number of rotatable bonds is 6. The largest absolute Gasteiger partial charge is 0.388 e. The van der Waals surface area contributed by atoms with Crippen LogP contribution in [0.25, 0.3) is 0 Å². The molecule has 8 heteroatoms. The molecule has 8 nitrogen and oxygen atoms in total. The summed E-state index contributed by atoms with van der Waals surface area (Å²) in [7, 11) is 0. The zero-order valence-electron chi connectivity index (χ0n) is 13.2. The second-order valence-corrected chi connectivity index (χ2v) is 6.12. The van der Waals surface area contributed by atoms with Gasteiger partial charge in [-0.05, 0) is 19.3 Å². The van der Waals surface area contributed by atoms with Gasteiger partial charge in [0.25, 0.3) is 0 Å². The average Bonchev–Trinajstić information content (AvgIpc) is 2.88. The maximum absolute atomic E-state index is 9.83. The Kier molecular flexibility index (Phi) is 5.87. The molecule has 2 rings (SSSR count). The van der Waals surface area contributed by atoms with Gasteiger partial charge >= 0.3 is 0 Å². The fourth-order valence-corrected chi connectivity index (χ4v) is 2.37. The van der Waals surface area contributed by atoms with E-state index in [2.05, 4.69) is 24.2 Å². The molecule has 0 bridgehead atoms. The van der Waals surface area contributed by atoms with Gasteiger partial charge in [0.05, 0.1) is 24.9 Å². The minimum atomic E-state index is -1.28. The molecule has 0 spiro atoms. The molecule has 0 radical (unpaired) electrons. The van der Waals surface area contributed by atoms with Crippen LogP contribution in [0.1, 0.15) is 26.5 Å². The first-order chi connectivity index (χ1) is 10.4. The highest BCUT2D eigenvalue weighted by Gasteiger charge is 2.42. The van der Waals surface area contributed by atoms with E-state index < -0.39 is 30.7 Å². The molecule has 1 saturated heterocycles. The van der Waals surface area contributed by atoms with Crippen LogP contribution in [0.15, 0.2) is 6.20 Å². The van der Waals surface area contributed by atoms with Crippen molar-refractivity contribution in [2.45, 2.75) is 64.4 Å². The first-order valence-corrected chi connectivity index (χ1v) is 7.58. The topological polar surface area (TPSA) is 110 Å². The summed E-state index contributed by atoms with van der Waals surface area (Å²) in [6.07, 6.45) is -2.52. The summed E-state index contributed by atoms with van der Waals surface area (Å²) < 4.78 is 12.5. The third-order valence-electron chi connectivity index (χ3n) is 3.61. The van der Waals surface area contributed by atoms with Crippen molar-refractivity contribution < 1.29 is 24.8 Å². The maximum atomic E-state index is 9.83. The molecule has 2 unspecified atom stereocenters. The molecule has 22 heavy (non-hydrogen) atoms. The van der Waals surface area contributed by atoms with Crippen LogP contribution in [0.2, 0.25) is 0 Å². The molecule has 1 aliphatic heterocycles. The van der Waals surface area contributed by atoms with Crippen LogP contribution in [0.5, 0.6) is 0 Å².